The van der Waals surface area contributed by atoms with Gasteiger partial charge in [0, 0.05) is 0 Å². The quantitative estimate of drug-likeness (QED) is 0.697. The predicted octanol–water partition coefficient (Wildman–Crippen LogP) is 2.74. The Morgan fingerprint density at radius 1 is 0.840 bits per heavy atom. The Balaban J connectivity index is 1.87. The highest BCUT2D eigenvalue weighted by Crippen LogP contribution is 2.29. The minimum atomic E-state index is -0.293. The van der Waals surface area contributed by atoms with Crippen LogP contribution in [0.25, 0.3) is 0 Å². The van der Waals surface area contributed by atoms with E-state index in [4.69, 9.17) is 34.8 Å². The number of nitrogens with one attached hydrogen (secondary N) is 3. The van der Waals surface area contributed by atoms with Crippen molar-refractivity contribution in [3.8, 4) is 0 Å². The summed E-state index contributed by atoms with van der Waals surface area (Å²) in [4.78, 5) is 24.9. The van der Waals surface area contributed by atoms with E-state index in [1.54, 1.807) is 49.5 Å². The van der Waals surface area contributed by atoms with Gasteiger partial charge >= 0.3 is 0 Å². The first-order valence-corrected chi connectivity index (χ1v) is 8.59. The van der Waals surface area contributed by atoms with Crippen molar-refractivity contribution in [1.82, 2.24) is 0 Å². The summed E-state index contributed by atoms with van der Waals surface area (Å²) < 4.78 is 0. The molecular weight excluding hydrogens is 385 g/mol. The fourth-order valence-electron chi connectivity index (χ4n) is 2.17. The first-order valence-electron chi connectivity index (χ1n) is 7.46. The van der Waals surface area contributed by atoms with Gasteiger partial charge in [0.15, 0.2) is 13.1 Å². The smallest absolute Gasteiger partial charge is 0.279 e. The first kappa shape index (κ1) is 19.5. The average Bonchev–Trinajstić information content (AvgIpc) is 2.53. The lowest BCUT2D eigenvalue weighted by atomic mass is 10.3. The average molecular weight is 402 g/mol. The number of carbonyl (C=O) groups is 2. The molecule has 1 unspecified atom stereocenters. The van der Waals surface area contributed by atoms with Crippen LogP contribution in [0.2, 0.25) is 15.1 Å². The van der Waals surface area contributed by atoms with E-state index in [9.17, 15) is 9.59 Å². The molecule has 0 aliphatic carbocycles. The van der Waals surface area contributed by atoms with E-state index >= 15 is 0 Å². The third kappa shape index (κ3) is 5.90. The second-order valence-corrected chi connectivity index (χ2v) is 6.71. The SMILES string of the molecule is C[NH+](CC(=O)Nc1ccccc1Cl)CC(=O)Nc1c(Cl)cccc1Cl. The van der Waals surface area contributed by atoms with Crippen molar-refractivity contribution in [3.05, 3.63) is 57.5 Å². The van der Waals surface area contributed by atoms with E-state index in [2.05, 4.69) is 10.6 Å². The van der Waals surface area contributed by atoms with Crippen molar-refractivity contribution in [2.45, 2.75) is 0 Å². The lowest BCUT2D eigenvalue weighted by Gasteiger charge is -2.15. The van der Waals surface area contributed by atoms with E-state index in [0.29, 0.717) is 31.3 Å². The van der Waals surface area contributed by atoms with Crippen molar-refractivity contribution in [3.63, 3.8) is 0 Å². The maximum atomic E-state index is 12.1. The van der Waals surface area contributed by atoms with Gasteiger partial charge < -0.3 is 15.5 Å². The van der Waals surface area contributed by atoms with Crippen LogP contribution in [-0.4, -0.2) is 32.0 Å². The van der Waals surface area contributed by atoms with E-state index < -0.39 is 0 Å². The van der Waals surface area contributed by atoms with Crippen molar-refractivity contribution in [2.24, 2.45) is 0 Å². The van der Waals surface area contributed by atoms with Gasteiger partial charge in [0.25, 0.3) is 11.8 Å². The Labute approximate surface area is 160 Å². The molecule has 0 fully saturated rings. The highest BCUT2D eigenvalue weighted by Gasteiger charge is 2.17. The molecule has 2 aromatic carbocycles. The zero-order valence-electron chi connectivity index (χ0n) is 13.4. The number of para-hydroxylation sites is 2. The second-order valence-electron chi connectivity index (χ2n) is 5.48. The molecule has 5 nitrogen and oxygen atoms in total. The van der Waals surface area contributed by atoms with Gasteiger partial charge in [-0.3, -0.25) is 9.59 Å². The zero-order chi connectivity index (χ0) is 18.4. The molecule has 0 heterocycles. The Hall–Kier alpha value is -1.79. The molecule has 0 bridgehead atoms. The molecule has 0 aromatic heterocycles. The molecule has 2 amide bonds. The van der Waals surface area contributed by atoms with Crippen molar-refractivity contribution >= 4 is 58.0 Å². The Bertz CT molecular complexity index is 763. The molecule has 8 heteroatoms. The molecular formula is C17H17Cl3N3O2+. The van der Waals surface area contributed by atoms with Gasteiger partial charge in [-0.1, -0.05) is 53.0 Å². The molecule has 0 aliphatic rings. The monoisotopic (exact) mass is 400 g/mol. The van der Waals surface area contributed by atoms with Crippen LogP contribution in [-0.2, 0) is 9.59 Å². The Morgan fingerprint density at radius 3 is 1.96 bits per heavy atom. The number of rotatable bonds is 6. The molecule has 132 valence electrons. The summed E-state index contributed by atoms with van der Waals surface area (Å²) in [5.74, 6) is -0.535. The third-order valence-electron chi connectivity index (χ3n) is 3.30. The number of carbonyl (C=O) groups excluding carboxylic acids is 2. The van der Waals surface area contributed by atoms with Crippen molar-refractivity contribution < 1.29 is 14.5 Å². The zero-order valence-corrected chi connectivity index (χ0v) is 15.7. The number of halogens is 3. The van der Waals surface area contributed by atoms with E-state index in [1.807, 2.05) is 0 Å². The summed E-state index contributed by atoms with van der Waals surface area (Å²) >= 11 is 18.0. The predicted molar refractivity (Wildman–Crippen MR) is 102 cm³/mol. The normalized spacial score (nSPS) is 11.7. The minimum Gasteiger partial charge on any atom is -0.322 e. The first-order chi connectivity index (χ1) is 11.9. The molecule has 2 aromatic rings. The van der Waals surface area contributed by atoms with Gasteiger partial charge in [0.2, 0.25) is 0 Å². The van der Waals surface area contributed by atoms with Crippen molar-refractivity contribution in [2.75, 3.05) is 30.8 Å². The summed E-state index contributed by atoms with van der Waals surface area (Å²) in [5.41, 5.74) is 0.901. The molecule has 0 aliphatic heterocycles. The maximum absolute atomic E-state index is 12.1. The summed E-state index contributed by atoms with van der Waals surface area (Å²) in [6, 6.07) is 11.9. The largest absolute Gasteiger partial charge is 0.322 e. The Morgan fingerprint density at radius 2 is 1.36 bits per heavy atom. The van der Waals surface area contributed by atoms with Crippen molar-refractivity contribution in [1.29, 1.82) is 0 Å². The van der Waals surface area contributed by atoms with Crippen LogP contribution in [0, 0.1) is 0 Å². The van der Waals surface area contributed by atoms with Gasteiger partial charge in [-0.05, 0) is 24.3 Å². The highest BCUT2D eigenvalue weighted by atomic mass is 35.5. The molecule has 0 spiro atoms. The number of likely N-dealkylation sites (N-methyl/N-ethyl adjacent to an activating group) is 1. The van der Waals surface area contributed by atoms with Crippen LogP contribution in [0.15, 0.2) is 42.5 Å². The molecule has 0 saturated heterocycles. The summed E-state index contributed by atoms with van der Waals surface area (Å²) in [5, 5.41) is 6.55. The number of quaternary nitrogens is 1. The molecule has 0 saturated carbocycles. The number of hydrogen-bond donors (Lipinski definition) is 3. The minimum absolute atomic E-state index is 0.0808. The van der Waals surface area contributed by atoms with Gasteiger partial charge in [-0.25, -0.2) is 0 Å². The number of anilines is 2. The lowest BCUT2D eigenvalue weighted by Crippen LogP contribution is -3.11. The number of amides is 2. The summed E-state index contributed by atoms with van der Waals surface area (Å²) in [6.07, 6.45) is 0. The van der Waals surface area contributed by atoms with Gasteiger partial charge in [-0.15, -0.1) is 0 Å². The third-order valence-corrected chi connectivity index (χ3v) is 4.26. The molecule has 1 atom stereocenters. The van der Waals surface area contributed by atoms with Crippen LogP contribution >= 0.6 is 34.8 Å². The van der Waals surface area contributed by atoms with Gasteiger partial charge in [-0.2, -0.15) is 0 Å². The van der Waals surface area contributed by atoms with Gasteiger partial charge in [0.1, 0.15) is 0 Å². The summed E-state index contributed by atoms with van der Waals surface area (Å²) in [6.45, 7) is 0.187. The topological polar surface area (TPSA) is 62.6 Å². The number of benzene rings is 2. The van der Waals surface area contributed by atoms with Crippen LogP contribution < -0.4 is 15.5 Å². The van der Waals surface area contributed by atoms with E-state index in [0.717, 1.165) is 0 Å². The van der Waals surface area contributed by atoms with Crippen LogP contribution in [0.3, 0.4) is 0 Å². The number of hydrogen-bond acceptors (Lipinski definition) is 2. The van der Waals surface area contributed by atoms with E-state index in [1.165, 1.54) is 0 Å². The molecule has 0 radical (unpaired) electrons. The fraction of sp³-hybridized carbons (Fsp3) is 0.176. The summed E-state index contributed by atoms with van der Waals surface area (Å²) in [7, 11) is 1.74. The molecule has 25 heavy (non-hydrogen) atoms. The maximum Gasteiger partial charge on any atom is 0.279 e. The van der Waals surface area contributed by atoms with Crippen LogP contribution in [0.4, 0.5) is 11.4 Å². The lowest BCUT2D eigenvalue weighted by molar-refractivity contribution is -0.862. The highest BCUT2D eigenvalue weighted by molar-refractivity contribution is 6.39. The standard InChI is InChI=1S/C17H16Cl3N3O2/c1-23(9-15(24)21-14-8-3-2-5-11(14)18)10-16(25)22-17-12(19)6-4-7-13(17)20/h2-8H,9-10H2,1H3,(H,21,24)(H,22,25)/p+1. The van der Waals surface area contributed by atoms with Gasteiger partial charge in [0.05, 0.1) is 33.5 Å². The molecule has 3 N–H and O–H groups in total. The molecule has 2 rings (SSSR count). The van der Waals surface area contributed by atoms with E-state index in [-0.39, 0.29) is 24.9 Å². The fourth-order valence-corrected chi connectivity index (χ4v) is 2.84. The second kappa shape index (κ2) is 9.06. The van der Waals surface area contributed by atoms with Crippen LogP contribution in [0.5, 0.6) is 0 Å². The Kier molecular flexibility index (Phi) is 7.08. The van der Waals surface area contributed by atoms with Crippen LogP contribution in [0.1, 0.15) is 0 Å².